The zero-order valence-electron chi connectivity index (χ0n) is 18.0. The fourth-order valence-corrected chi connectivity index (χ4v) is 5.39. The van der Waals surface area contributed by atoms with E-state index in [-0.39, 0.29) is 34.7 Å². The van der Waals surface area contributed by atoms with E-state index in [4.69, 9.17) is 0 Å². The van der Waals surface area contributed by atoms with Gasteiger partial charge in [-0.1, -0.05) is 24.3 Å². The number of nitrogens with zero attached hydrogens (tertiary/aromatic N) is 2. The molecule has 1 unspecified atom stereocenters. The van der Waals surface area contributed by atoms with Crippen molar-refractivity contribution in [1.29, 1.82) is 0 Å². The molecule has 1 N–H and O–H groups in total. The molecule has 32 heavy (non-hydrogen) atoms. The third-order valence-corrected chi connectivity index (χ3v) is 7.25. The smallest absolute Gasteiger partial charge is 0.257 e. The minimum absolute atomic E-state index is 0.0208. The molecule has 2 heterocycles. The molecule has 4 rings (SSSR count). The zero-order chi connectivity index (χ0) is 23.1. The maximum Gasteiger partial charge on any atom is 0.257 e. The highest BCUT2D eigenvalue weighted by Gasteiger charge is 2.52. The molecule has 9 heteroatoms. The van der Waals surface area contributed by atoms with Crippen molar-refractivity contribution >= 4 is 38.9 Å². The summed E-state index contributed by atoms with van der Waals surface area (Å²) in [4.78, 5) is 41.8. The van der Waals surface area contributed by atoms with Crippen molar-refractivity contribution in [2.45, 2.75) is 43.2 Å². The van der Waals surface area contributed by atoms with E-state index in [1.165, 1.54) is 6.07 Å². The number of para-hydroxylation sites is 2. The number of sulfone groups is 1. The van der Waals surface area contributed by atoms with E-state index in [0.717, 1.165) is 6.26 Å². The van der Waals surface area contributed by atoms with Crippen molar-refractivity contribution in [3.8, 4) is 0 Å². The molecule has 2 aromatic rings. The first-order valence-electron chi connectivity index (χ1n) is 10.5. The topological polar surface area (TPSA) is 104 Å². The lowest BCUT2D eigenvalue weighted by Crippen LogP contribution is -2.62. The van der Waals surface area contributed by atoms with Crippen LogP contribution < -0.4 is 10.2 Å². The Morgan fingerprint density at radius 1 is 1.09 bits per heavy atom. The van der Waals surface area contributed by atoms with Gasteiger partial charge in [0.2, 0.25) is 11.8 Å². The second kappa shape index (κ2) is 8.05. The molecule has 1 atom stereocenters. The molecule has 2 aliphatic rings. The minimum atomic E-state index is -3.48. The Morgan fingerprint density at radius 2 is 1.78 bits per heavy atom. The number of rotatable bonds is 6. The van der Waals surface area contributed by atoms with Crippen LogP contribution in [0, 0.1) is 0 Å². The van der Waals surface area contributed by atoms with Gasteiger partial charge in [0.15, 0.2) is 9.84 Å². The van der Waals surface area contributed by atoms with Crippen molar-refractivity contribution in [3.63, 3.8) is 0 Å². The second-order valence-corrected chi connectivity index (χ2v) is 10.3. The van der Waals surface area contributed by atoms with Gasteiger partial charge in [-0.05, 0) is 44.0 Å². The number of fused-ring (bicyclic) bond motifs is 3. The molecular weight excluding hydrogens is 430 g/mol. The summed E-state index contributed by atoms with van der Waals surface area (Å²) in [5, 5.41) is 2.66. The van der Waals surface area contributed by atoms with E-state index < -0.39 is 15.5 Å². The molecule has 1 fully saturated rings. The fourth-order valence-electron chi connectivity index (χ4n) is 4.55. The number of carbonyl (C=O) groups is 3. The first-order chi connectivity index (χ1) is 15.1. The summed E-state index contributed by atoms with van der Waals surface area (Å²) in [6.07, 6.45) is 2.45. The Bertz CT molecular complexity index is 1210. The molecule has 168 valence electrons. The van der Waals surface area contributed by atoms with E-state index >= 15 is 0 Å². The highest BCUT2D eigenvalue weighted by molar-refractivity contribution is 7.90. The molecule has 0 aliphatic carbocycles. The summed E-state index contributed by atoms with van der Waals surface area (Å²) in [6.45, 7) is 2.18. The van der Waals surface area contributed by atoms with E-state index in [1.807, 2.05) is 13.0 Å². The predicted octanol–water partition coefficient (Wildman–Crippen LogP) is 2.81. The third-order valence-electron chi connectivity index (χ3n) is 6.09. The number of benzene rings is 2. The van der Waals surface area contributed by atoms with Crippen LogP contribution in [0.3, 0.4) is 0 Å². The Morgan fingerprint density at radius 3 is 2.53 bits per heavy atom. The summed E-state index contributed by atoms with van der Waals surface area (Å²) in [5.74, 6) is -0.514. The van der Waals surface area contributed by atoms with Gasteiger partial charge in [-0.25, -0.2) is 8.42 Å². The van der Waals surface area contributed by atoms with Crippen molar-refractivity contribution in [3.05, 3.63) is 54.1 Å². The van der Waals surface area contributed by atoms with Crippen LogP contribution in [0.25, 0.3) is 0 Å². The zero-order valence-corrected chi connectivity index (χ0v) is 18.8. The van der Waals surface area contributed by atoms with Crippen LogP contribution >= 0.6 is 0 Å². The molecule has 2 aliphatic heterocycles. The minimum Gasteiger partial charge on any atom is -0.325 e. The van der Waals surface area contributed by atoms with Crippen LogP contribution in [0.2, 0.25) is 0 Å². The highest BCUT2D eigenvalue weighted by Crippen LogP contribution is 2.44. The first-order valence-corrected chi connectivity index (χ1v) is 12.3. The Hall–Kier alpha value is -3.20. The van der Waals surface area contributed by atoms with Crippen molar-refractivity contribution < 1.29 is 22.8 Å². The van der Waals surface area contributed by atoms with Crippen molar-refractivity contribution in [2.75, 3.05) is 23.0 Å². The normalized spacial score (nSPS) is 20.2. The van der Waals surface area contributed by atoms with Gasteiger partial charge in [-0.2, -0.15) is 0 Å². The van der Waals surface area contributed by atoms with Crippen molar-refractivity contribution in [1.82, 2.24) is 4.90 Å². The van der Waals surface area contributed by atoms with E-state index in [2.05, 4.69) is 5.32 Å². The monoisotopic (exact) mass is 455 g/mol. The maximum atomic E-state index is 13.2. The third kappa shape index (κ3) is 3.77. The first kappa shape index (κ1) is 22.0. The van der Waals surface area contributed by atoms with Crippen molar-refractivity contribution in [2.24, 2.45) is 0 Å². The van der Waals surface area contributed by atoms with Crippen LogP contribution in [-0.4, -0.2) is 49.5 Å². The van der Waals surface area contributed by atoms with Crippen LogP contribution in [0.1, 0.15) is 43.0 Å². The molecular formula is C23H25N3O5S. The molecule has 8 nitrogen and oxygen atoms in total. The number of hydrogen-bond acceptors (Lipinski definition) is 5. The summed E-state index contributed by atoms with van der Waals surface area (Å²) < 4.78 is 23.9. The predicted molar refractivity (Wildman–Crippen MR) is 120 cm³/mol. The fraction of sp³-hybridized carbons (Fsp3) is 0.348. The maximum absolute atomic E-state index is 13.2. The Labute approximate surface area is 187 Å². The van der Waals surface area contributed by atoms with Gasteiger partial charge in [0.05, 0.1) is 21.8 Å². The van der Waals surface area contributed by atoms with Gasteiger partial charge < -0.3 is 10.2 Å². The van der Waals surface area contributed by atoms with E-state index in [9.17, 15) is 22.8 Å². The van der Waals surface area contributed by atoms with Crippen LogP contribution in [0.5, 0.6) is 0 Å². The summed E-state index contributed by atoms with van der Waals surface area (Å²) >= 11 is 0. The lowest BCUT2D eigenvalue weighted by atomic mass is 9.98. The molecule has 2 aromatic carbocycles. The molecule has 0 bridgehead atoms. The average Bonchev–Trinajstić information content (AvgIpc) is 3.05. The van der Waals surface area contributed by atoms with Gasteiger partial charge in [0.25, 0.3) is 5.91 Å². The average molecular weight is 456 g/mol. The lowest BCUT2D eigenvalue weighted by Gasteiger charge is -2.48. The number of amides is 3. The molecule has 0 aromatic heterocycles. The molecule has 0 spiro atoms. The van der Waals surface area contributed by atoms with E-state index in [1.54, 1.807) is 46.2 Å². The van der Waals surface area contributed by atoms with Crippen LogP contribution in [0.15, 0.2) is 53.4 Å². The number of nitrogens with one attached hydrogen (secondary N) is 1. The summed E-state index contributed by atoms with van der Waals surface area (Å²) in [5.41, 5.74) is 0.588. The molecule has 3 amide bonds. The van der Waals surface area contributed by atoms with Crippen LogP contribution in [-0.2, 0) is 19.4 Å². The number of anilines is 2. The molecule has 0 radical (unpaired) electrons. The Balaban J connectivity index is 1.47. The van der Waals surface area contributed by atoms with Gasteiger partial charge in [0.1, 0.15) is 5.66 Å². The van der Waals surface area contributed by atoms with Gasteiger partial charge in [0, 0.05) is 25.6 Å². The SMILES string of the molecule is CC12CCC(=O)N1c1ccccc1C(=O)N2CCCC(=O)Nc1ccccc1S(C)(=O)=O. The van der Waals surface area contributed by atoms with E-state index in [0.29, 0.717) is 37.1 Å². The standard InChI is InChI=1S/C23H25N3O5S/c1-23-14-13-21(28)26(23)18-10-5-3-8-16(18)22(29)25(23)15-7-12-20(27)24-17-9-4-6-11-19(17)32(2,30)31/h3-6,8-11H,7,12-15H2,1-2H3,(H,24,27). The largest absolute Gasteiger partial charge is 0.325 e. The van der Waals surface area contributed by atoms with Gasteiger partial charge in [-0.15, -0.1) is 0 Å². The lowest BCUT2D eigenvalue weighted by molar-refractivity contribution is -0.118. The van der Waals surface area contributed by atoms with Gasteiger partial charge in [-0.3, -0.25) is 19.3 Å². The Kier molecular flexibility index (Phi) is 5.54. The quantitative estimate of drug-likeness (QED) is 0.721. The molecule has 0 saturated carbocycles. The molecule has 1 saturated heterocycles. The number of carbonyl (C=O) groups excluding carboxylic acids is 3. The summed E-state index contributed by atoms with van der Waals surface area (Å²) in [7, 11) is -3.48. The van der Waals surface area contributed by atoms with Crippen LogP contribution in [0.4, 0.5) is 11.4 Å². The summed E-state index contributed by atoms with van der Waals surface area (Å²) in [6, 6.07) is 13.3. The number of hydrogen-bond donors (Lipinski definition) is 1. The van der Waals surface area contributed by atoms with Gasteiger partial charge >= 0.3 is 0 Å². The second-order valence-electron chi connectivity index (χ2n) is 8.34. The highest BCUT2D eigenvalue weighted by atomic mass is 32.2.